The molecule has 1 aromatic heterocycles. The average Bonchev–Trinajstić information content (AvgIpc) is 2.98. The number of ketones is 1. The number of methoxy groups -OCH3 is 1. The Hall–Kier alpha value is -1.45. The van der Waals surface area contributed by atoms with Gasteiger partial charge in [0.25, 0.3) is 11.1 Å². The molecular weight excluding hydrogens is 380 g/mol. The van der Waals surface area contributed by atoms with E-state index in [1.165, 1.54) is 24.6 Å². The molecule has 8 nitrogen and oxygen atoms in total. The van der Waals surface area contributed by atoms with Gasteiger partial charge in [0.1, 0.15) is 6.04 Å². The number of hydrogen-bond donors (Lipinski definition) is 0. The first-order valence-electron chi connectivity index (χ1n) is 9.93. The molecule has 0 N–H and O–H groups in total. The Morgan fingerprint density at radius 1 is 1.29 bits per heavy atom. The van der Waals surface area contributed by atoms with Crippen LogP contribution in [0, 0.1) is 0 Å². The highest BCUT2D eigenvalue weighted by molar-refractivity contribution is 7.99. The van der Waals surface area contributed by atoms with Crippen LogP contribution in [0.25, 0.3) is 0 Å². The van der Waals surface area contributed by atoms with Crippen molar-refractivity contribution in [1.29, 1.82) is 0 Å². The normalized spacial score (nSPS) is 16.7. The number of Topliss-reactive ketones (excluding diaryl/α,β-unsaturated/α-hetero) is 1. The monoisotopic (exact) mass is 412 g/mol. The molecule has 1 heterocycles. The molecule has 2 rings (SSSR count). The number of carbonyl (C=O) groups excluding carboxylic acids is 2. The predicted molar refractivity (Wildman–Crippen MR) is 108 cm³/mol. The zero-order valence-electron chi connectivity index (χ0n) is 17.1. The lowest BCUT2D eigenvalue weighted by Gasteiger charge is -2.33. The summed E-state index contributed by atoms with van der Waals surface area (Å²) in [6.07, 6.45) is 7.57. The Labute approximate surface area is 171 Å². The molecular formula is C19H32N4O4S. The zero-order chi connectivity index (χ0) is 20.4. The molecule has 1 atom stereocenters. The number of amides is 1. The van der Waals surface area contributed by atoms with Gasteiger partial charge in [0.05, 0.1) is 0 Å². The molecule has 0 radical (unpaired) electrons. The van der Waals surface area contributed by atoms with Gasteiger partial charge in [-0.05, 0) is 33.4 Å². The van der Waals surface area contributed by atoms with E-state index >= 15 is 0 Å². The molecule has 0 bridgehead atoms. The van der Waals surface area contributed by atoms with E-state index in [4.69, 9.17) is 9.15 Å². The van der Waals surface area contributed by atoms with E-state index in [1.54, 1.807) is 12.0 Å². The Kier molecular flexibility index (Phi) is 9.94. The van der Waals surface area contributed by atoms with Crippen LogP contribution in [0.4, 0.5) is 0 Å². The van der Waals surface area contributed by atoms with Gasteiger partial charge in [-0.2, -0.15) is 0 Å². The smallest absolute Gasteiger partial charge is 0.286 e. The lowest BCUT2D eigenvalue weighted by molar-refractivity contribution is -0.122. The number of rotatable bonds is 12. The van der Waals surface area contributed by atoms with Crippen LogP contribution in [0.5, 0.6) is 0 Å². The predicted octanol–water partition coefficient (Wildman–Crippen LogP) is 2.49. The molecule has 0 saturated heterocycles. The summed E-state index contributed by atoms with van der Waals surface area (Å²) in [6.45, 7) is 1.25. The molecule has 1 fully saturated rings. The summed E-state index contributed by atoms with van der Waals surface area (Å²) in [7, 11) is 5.57. The number of nitrogens with zero attached hydrogens (tertiary/aromatic N) is 4. The fourth-order valence-electron chi connectivity index (χ4n) is 3.44. The third-order valence-electron chi connectivity index (χ3n) is 5.01. The van der Waals surface area contributed by atoms with Crippen LogP contribution in [0.1, 0.15) is 55.6 Å². The minimum atomic E-state index is -0.638. The van der Waals surface area contributed by atoms with E-state index in [1.807, 2.05) is 14.1 Å². The van der Waals surface area contributed by atoms with Crippen molar-refractivity contribution >= 4 is 24.0 Å². The first kappa shape index (κ1) is 22.8. The highest BCUT2D eigenvalue weighted by atomic mass is 32.2. The number of aromatic nitrogens is 2. The second-order valence-electron chi connectivity index (χ2n) is 7.38. The highest BCUT2D eigenvalue weighted by Gasteiger charge is 2.34. The van der Waals surface area contributed by atoms with E-state index in [9.17, 15) is 9.59 Å². The van der Waals surface area contributed by atoms with Crippen molar-refractivity contribution in [3.63, 3.8) is 0 Å². The first-order chi connectivity index (χ1) is 13.6. The van der Waals surface area contributed by atoms with Gasteiger partial charge in [-0.15, -0.1) is 10.2 Å². The molecule has 158 valence electrons. The zero-order valence-corrected chi connectivity index (χ0v) is 17.9. The van der Waals surface area contributed by atoms with Crippen LogP contribution in [0.15, 0.2) is 9.64 Å². The molecule has 1 aliphatic carbocycles. The van der Waals surface area contributed by atoms with Crippen molar-refractivity contribution in [3.05, 3.63) is 5.89 Å². The van der Waals surface area contributed by atoms with Crippen LogP contribution in [-0.4, -0.2) is 84.4 Å². The van der Waals surface area contributed by atoms with Gasteiger partial charge in [0.2, 0.25) is 12.2 Å². The van der Waals surface area contributed by atoms with Crippen molar-refractivity contribution in [2.45, 2.75) is 62.3 Å². The van der Waals surface area contributed by atoms with E-state index in [2.05, 4.69) is 15.1 Å². The summed E-state index contributed by atoms with van der Waals surface area (Å²) < 4.78 is 10.8. The quantitative estimate of drug-likeness (QED) is 0.224. The van der Waals surface area contributed by atoms with Crippen molar-refractivity contribution in [1.82, 2.24) is 20.0 Å². The number of hydrogen-bond acceptors (Lipinski definition) is 8. The standard InChI is InChI=1S/C19H32N4O4S/c1-22(2)11-13-28-19-21-20-18(27-19)17(25)16(10-12-26-3)23(14-24)15-8-6-4-5-7-9-15/h14-16H,4-13H2,1-3H3. The maximum atomic E-state index is 13.1. The third-order valence-corrected chi connectivity index (χ3v) is 5.81. The van der Waals surface area contributed by atoms with Gasteiger partial charge < -0.3 is 19.0 Å². The van der Waals surface area contributed by atoms with Crippen LogP contribution in [0.2, 0.25) is 0 Å². The maximum absolute atomic E-state index is 13.1. The van der Waals surface area contributed by atoms with Crippen LogP contribution < -0.4 is 0 Å². The Morgan fingerprint density at radius 2 is 2.00 bits per heavy atom. The third kappa shape index (κ3) is 6.86. The largest absolute Gasteiger partial charge is 0.408 e. The minimum Gasteiger partial charge on any atom is -0.408 e. The van der Waals surface area contributed by atoms with Gasteiger partial charge in [0, 0.05) is 32.1 Å². The molecule has 1 aliphatic rings. The molecule has 0 aliphatic heterocycles. The van der Waals surface area contributed by atoms with Crippen molar-refractivity contribution in [3.8, 4) is 0 Å². The van der Waals surface area contributed by atoms with E-state index in [0.29, 0.717) is 18.3 Å². The number of carbonyl (C=O) groups is 2. The Bertz CT molecular complexity index is 603. The topological polar surface area (TPSA) is 88.8 Å². The fraction of sp³-hybridized carbons (Fsp3) is 0.789. The minimum absolute atomic E-state index is 0.0334. The summed E-state index contributed by atoms with van der Waals surface area (Å²) in [5.74, 6) is 0.452. The second kappa shape index (κ2) is 12.2. The Morgan fingerprint density at radius 3 is 2.61 bits per heavy atom. The van der Waals surface area contributed by atoms with Gasteiger partial charge >= 0.3 is 0 Å². The van der Waals surface area contributed by atoms with Crippen LogP contribution >= 0.6 is 11.8 Å². The Balaban J connectivity index is 2.10. The molecule has 1 saturated carbocycles. The SMILES string of the molecule is COCCC(C(=O)c1nnc(SCCN(C)C)o1)N(C=O)C1CCCCCC1. The summed E-state index contributed by atoms with van der Waals surface area (Å²) in [6, 6.07) is -0.566. The molecule has 0 aromatic carbocycles. The molecule has 0 spiro atoms. The lowest BCUT2D eigenvalue weighted by atomic mass is 10.0. The van der Waals surface area contributed by atoms with Crippen molar-refractivity contribution in [2.75, 3.05) is 40.1 Å². The molecule has 28 heavy (non-hydrogen) atoms. The molecule has 9 heteroatoms. The molecule has 1 unspecified atom stereocenters. The van der Waals surface area contributed by atoms with Crippen LogP contribution in [-0.2, 0) is 9.53 Å². The lowest BCUT2D eigenvalue weighted by Crippen LogP contribution is -2.47. The second-order valence-corrected chi connectivity index (χ2v) is 8.43. The van der Waals surface area contributed by atoms with Crippen LogP contribution in [0.3, 0.4) is 0 Å². The molecule has 1 amide bonds. The number of ether oxygens (including phenoxy) is 1. The fourth-order valence-corrected chi connectivity index (χ4v) is 4.31. The van der Waals surface area contributed by atoms with Crippen molar-refractivity contribution < 1.29 is 18.7 Å². The van der Waals surface area contributed by atoms with Gasteiger partial charge in [0.15, 0.2) is 0 Å². The summed E-state index contributed by atoms with van der Waals surface area (Å²) in [5.41, 5.74) is 0. The first-order valence-corrected chi connectivity index (χ1v) is 10.9. The van der Waals surface area contributed by atoms with E-state index in [-0.39, 0.29) is 17.7 Å². The average molecular weight is 413 g/mol. The van der Waals surface area contributed by atoms with Gasteiger partial charge in [-0.3, -0.25) is 9.59 Å². The summed E-state index contributed by atoms with van der Waals surface area (Å²) in [5, 5.41) is 8.30. The molecule has 1 aromatic rings. The van der Waals surface area contributed by atoms with Gasteiger partial charge in [-0.1, -0.05) is 37.4 Å². The highest BCUT2D eigenvalue weighted by Crippen LogP contribution is 2.25. The van der Waals surface area contributed by atoms with E-state index < -0.39 is 6.04 Å². The van der Waals surface area contributed by atoms with E-state index in [0.717, 1.165) is 44.4 Å². The van der Waals surface area contributed by atoms with Crippen molar-refractivity contribution in [2.24, 2.45) is 0 Å². The number of thioether (sulfide) groups is 1. The summed E-state index contributed by atoms with van der Waals surface area (Å²) >= 11 is 1.42. The summed E-state index contributed by atoms with van der Waals surface area (Å²) in [4.78, 5) is 28.8. The van der Waals surface area contributed by atoms with Gasteiger partial charge in [-0.25, -0.2) is 0 Å². The maximum Gasteiger partial charge on any atom is 0.286 e.